The maximum Gasteiger partial charge on any atom is 0.416 e. The second-order valence-electron chi connectivity index (χ2n) is 8.14. The molecule has 36 heavy (non-hydrogen) atoms. The van der Waals surface area contributed by atoms with Gasteiger partial charge in [-0.3, -0.25) is 14.5 Å². The predicted octanol–water partition coefficient (Wildman–Crippen LogP) is 6.01. The third-order valence-corrected chi connectivity index (χ3v) is 6.03. The number of phenolic OH excluding ortho intramolecular Hbond substituents is 1. The van der Waals surface area contributed by atoms with Crippen LogP contribution in [0.1, 0.15) is 28.3 Å². The first-order valence-corrected chi connectivity index (χ1v) is 10.9. The minimum absolute atomic E-state index is 0.0355. The second-order valence-corrected chi connectivity index (χ2v) is 8.54. The van der Waals surface area contributed by atoms with E-state index in [-0.39, 0.29) is 38.9 Å². The number of hydrogen-bond acceptors (Lipinski definition) is 5. The van der Waals surface area contributed by atoms with Gasteiger partial charge in [0.15, 0.2) is 0 Å². The number of halogens is 4. The molecule has 0 aromatic heterocycles. The van der Waals surface area contributed by atoms with Crippen LogP contribution in [0.2, 0.25) is 5.02 Å². The summed E-state index contributed by atoms with van der Waals surface area (Å²) in [5.74, 6) is -2.91. The smallest absolute Gasteiger partial charge is 0.416 e. The molecule has 1 amide bonds. The third-order valence-electron chi connectivity index (χ3n) is 5.75. The molecule has 0 bridgehead atoms. The Bertz CT molecular complexity index is 1400. The van der Waals surface area contributed by atoms with Gasteiger partial charge in [0.1, 0.15) is 17.3 Å². The van der Waals surface area contributed by atoms with Gasteiger partial charge in [-0.05, 0) is 60.5 Å². The number of Topliss-reactive ketones (excluding diaryl/α,β-unsaturated/α-hetero) is 1. The van der Waals surface area contributed by atoms with Crippen molar-refractivity contribution >= 4 is 34.7 Å². The number of nitrogens with zero attached hydrogens (tertiary/aromatic N) is 1. The average molecular weight is 518 g/mol. The van der Waals surface area contributed by atoms with Crippen LogP contribution in [0, 0.1) is 6.92 Å². The molecular formula is C26H19ClF3NO5. The summed E-state index contributed by atoms with van der Waals surface area (Å²) < 4.78 is 45.5. The van der Waals surface area contributed by atoms with Crippen LogP contribution >= 0.6 is 11.6 Å². The summed E-state index contributed by atoms with van der Waals surface area (Å²) in [7, 11) is 1.31. The number of aliphatic hydroxyl groups excluding tert-OH is 1. The van der Waals surface area contributed by atoms with Gasteiger partial charge in [-0.2, -0.15) is 13.2 Å². The number of aromatic hydroxyl groups is 1. The minimum Gasteiger partial charge on any atom is -0.508 e. The minimum atomic E-state index is -4.69. The molecule has 1 heterocycles. The molecule has 3 aromatic rings. The first kappa shape index (κ1) is 25.1. The van der Waals surface area contributed by atoms with E-state index in [1.807, 2.05) is 0 Å². The molecule has 1 aliphatic heterocycles. The molecule has 0 saturated carbocycles. The van der Waals surface area contributed by atoms with Crippen molar-refractivity contribution in [3.8, 4) is 11.5 Å². The van der Waals surface area contributed by atoms with Crippen LogP contribution in [0.25, 0.3) is 5.76 Å². The first-order chi connectivity index (χ1) is 16.9. The van der Waals surface area contributed by atoms with Crippen molar-refractivity contribution in [2.75, 3.05) is 12.0 Å². The van der Waals surface area contributed by atoms with Crippen LogP contribution in [0.4, 0.5) is 18.9 Å². The molecular weight excluding hydrogens is 499 g/mol. The van der Waals surface area contributed by atoms with E-state index in [2.05, 4.69) is 0 Å². The summed E-state index contributed by atoms with van der Waals surface area (Å²) >= 11 is 6.25. The van der Waals surface area contributed by atoms with Crippen LogP contribution in [-0.4, -0.2) is 29.0 Å². The van der Waals surface area contributed by atoms with Crippen LogP contribution in [-0.2, 0) is 15.8 Å². The topological polar surface area (TPSA) is 87.1 Å². The Morgan fingerprint density at radius 3 is 2.33 bits per heavy atom. The van der Waals surface area contributed by atoms with E-state index in [4.69, 9.17) is 16.3 Å². The van der Waals surface area contributed by atoms with E-state index < -0.39 is 35.2 Å². The normalized spacial score (nSPS) is 17.5. The Hall–Kier alpha value is -3.98. The number of alkyl halides is 3. The summed E-state index contributed by atoms with van der Waals surface area (Å²) in [6.07, 6.45) is -4.69. The highest BCUT2D eigenvalue weighted by Gasteiger charge is 2.47. The number of ether oxygens (including phenoxy) is 1. The summed E-state index contributed by atoms with van der Waals surface area (Å²) in [5, 5.41) is 21.2. The highest BCUT2D eigenvalue weighted by atomic mass is 35.5. The number of anilines is 1. The molecule has 4 rings (SSSR count). The Balaban J connectivity index is 2.00. The lowest BCUT2D eigenvalue weighted by molar-refractivity contribution is -0.137. The van der Waals surface area contributed by atoms with Gasteiger partial charge in [-0.1, -0.05) is 29.8 Å². The average Bonchev–Trinajstić information content (AvgIpc) is 3.08. The zero-order valence-corrected chi connectivity index (χ0v) is 19.7. The third kappa shape index (κ3) is 4.37. The van der Waals surface area contributed by atoms with Crippen LogP contribution < -0.4 is 9.64 Å². The van der Waals surface area contributed by atoms with Gasteiger partial charge in [-0.15, -0.1) is 0 Å². The van der Waals surface area contributed by atoms with Gasteiger partial charge in [0.2, 0.25) is 0 Å². The van der Waals surface area contributed by atoms with Gasteiger partial charge >= 0.3 is 6.18 Å². The van der Waals surface area contributed by atoms with E-state index in [1.165, 1.54) is 43.5 Å². The predicted molar refractivity (Wildman–Crippen MR) is 127 cm³/mol. The number of amides is 1. The van der Waals surface area contributed by atoms with Crippen molar-refractivity contribution < 1.29 is 37.7 Å². The van der Waals surface area contributed by atoms with E-state index in [0.29, 0.717) is 5.56 Å². The van der Waals surface area contributed by atoms with Crippen molar-refractivity contribution in [2.24, 2.45) is 0 Å². The monoisotopic (exact) mass is 517 g/mol. The SMILES string of the molecule is COc1c(Cl)cc(C)cc1/C(O)=C1\C(=O)C(=O)N(c2cccc(C(F)(F)F)c2)C1c1ccc(O)cc1. The Kier molecular flexibility index (Phi) is 6.44. The molecule has 0 aliphatic carbocycles. The standard InChI is InChI=1S/C26H19ClF3NO5/c1-13-10-18(24(36-2)19(27)11-13)22(33)20-21(14-6-8-17(32)9-7-14)31(25(35)23(20)34)16-5-3-4-15(12-16)26(28,29)30/h3-12,21,32-33H,1-2H3/b22-20+. The van der Waals surface area contributed by atoms with E-state index in [1.54, 1.807) is 13.0 Å². The van der Waals surface area contributed by atoms with Crippen LogP contribution in [0.15, 0.2) is 66.2 Å². The van der Waals surface area contributed by atoms with Crippen LogP contribution in [0.5, 0.6) is 11.5 Å². The molecule has 1 aliphatic rings. The first-order valence-electron chi connectivity index (χ1n) is 10.6. The molecule has 3 aromatic carbocycles. The highest BCUT2D eigenvalue weighted by molar-refractivity contribution is 6.51. The fraction of sp³-hybridized carbons (Fsp3) is 0.154. The molecule has 1 saturated heterocycles. The van der Waals surface area contributed by atoms with E-state index in [9.17, 15) is 33.0 Å². The van der Waals surface area contributed by atoms with Crippen molar-refractivity contribution in [3.63, 3.8) is 0 Å². The molecule has 1 atom stereocenters. The number of ketones is 1. The van der Waals surface area contributed by atoms with Gasteiger partial charge in [0, 0.05) is 5.69 Å². The molecule has 1 fully saturated rings. The zero-order chi connectivity index (χ0) is 26.4. The van der Waals surface area contributed by atoms with E-state index >= 15 is 0 Å². The molecule has 6 nitrogen and oxygen atoms in total. The summed E-state index contributed by atoms with van der Waals surface area (Å²) in [6, 6.07) is 11.2. The van der Waals surface area contributed by atoms with Gasteiger partial charge in [-0.25, -0.2) is 0 Å². The molecule has 1 unspecified atom stereocenters. The van der Waals surface area contributed by atoms with Crippen molar-refractivity contribution in [1.82, 2.24) is 0 Å². The summed E-state index contributed by atoms with van der Waals surface area (Å²) in [5.41, 5.74) is -0.660. The fourth-order valence-corrected chi connectivity index (χ4v) is 4.51. The number of rotatable bonds is 4. The molecule has 0 spiro atoms. The lowest BCUT2D eigenvalue weighted by Gasteiger charge is -2.26. The number of aliphatic hydroxyl groups is 1. The maximum atomic E-state index is 13.4. The number of hydrogen-bond donors (Lipinski definition) is 2. The molecule has 0 radical (unpaired) electrons. The highest BCUT2D eigenvalue weighted by Crippen LogP contribution is 2.45. The Labute approximate surface area is 208 Å². The fourth-order valence-electron chi connectivity index (χ4n) is 4.16. The number of methoxy groups -OCH3 is 1. The number of benzene rings is 3. The molecule has 186 valence electrons. The van der Waals surface area contributed by atoms with Crippen molar-refractivity contribution in [2.45, 2.75) is 19.1 Å². The van der Waals surface area contributed by atoms with Crippen LogP contribution in [0.3, 0.4) is 0 Å². The zero-order valence-electron chi connectivity index (χ0n) is 18.9. The lowest BCUT2D eigenvalue weighted by Crippen LogP contribution is -2.29. The quantitative estimate of drug-likeness (QED) is 0.251. The van der Waals surface area contributed by atoms with Gasteiger partial charge in [0.25, 0.3) is 11.7 Å². The summed E-state index contributed by atoms with van der Waals surface area (Å²) in [4.78, 5) is 27.3. The number of aryl methyl sites for hydroxylation is 1. The van der Waals surface area contributed by atoms with Crippen molar-refractivity contribution in [3.05, 3.63) is 93.5 Å². The molecule has 2 N–H and O–H groups in total. The molecule has 10 heteroatoms. The number of phenols is 1. The van der Waals surface area contributed by atoms with Gasteiger partial charge < -0.3 is 14.9 Å². The Morgan fingerprint density at radius 2 is 1.72 bits per heavy atom. The van der Waals surface area contributed by atoms with E-state index in [0.717, 1.165) is 23.1 Å². The maximum absolute atomic E-state index is 13.4. The van der Waals surface area contributed by atoms with Gasteiger partial charge in [0.05, 0.1) is 34.9 Å². The van der Waals surface area contributed by atoms with Crippen molar-refractivity contribution in [1.29, 1.82) is 0 Å². The second kappa shape index (κ2) is 9.23. The summed E-state index contributed by atoms with van der Waals surface area (Å²) in [6.45, 7) is 1.70. The largest absolute Gasteiger partial charge is 0.508 e. The number of carbonyl (C=O) groups is 2. The Morgan fingerprint density at radius 1 is 1.06 bits per heavy atom. The number of carbonyl (C=O) groups excluding carboxylic acids is 2. The lowest BCUT2D eigenvalue weighted by atomic mass is 9.94.